The number of aliphatic hydroxyl groups excluding tert-OH is 1. The molecule has 0 unspecified atom stereocenters. The van der Waals surface area contributed by atoms with E-state index in [1.807, 2.05) is 13.8 Å². The number of aliphatic hydroxyl groups is 1. The van der Waals surface area contributed by atoms with Gasteiger partial charge in [0.05, 0.1) is 29.0 Å². The van der Waals surface area contributed by atoms with E-state index < -0.39 is 6.10 Å². The summed E-state index contributed by atoms with van der Waals surface area (Å²) >= 11 is 6.59. The molecule has 36 heavy (non-hydrogen) atoms. The topological polar surface area (TPSA) is 111 Å². The molecule has 0 saturated carbocycles. The average molecular weight is 517 g/mol. The summed E-state index contributed by atoms with van der Waals surface area (Å²) in [7, 11) is 1.70. The maximum Gasteiger partial charge on any atom is 0.163 e. The summed E-state index contributed by atoms with van der Waals surface area (Å²) in [6.07, 6.45) is 0.975. The number of carbonyl (C=O) groups is 1. The third-order valence-corrected chi connectivity index (χ3v) is 6.61. The number of ketones is 1. The Balaban J connectivity index is 2.09. The maximum absolute atomic E-state index is 12.6. The molecule has 1 aliphatic heterocycles. The molecule has 3 rings (SSSR count). The number of rotatable bonds is 11. The van der Waals surface area contributed by atoms with Crippen LogP contribution in [0.1, 0.15) is 51.8 Å². The number of hydrogen-bond acceptors (Lipinski definition) is 8. The zero-order valence-corrected chi connectivity index (χ0v) is 22.8. The van der Waals surface area contributed by atoms with Gasteiger partial charge in [-0.25, -0.2) is 9.97 Å². The molecule has 8 nitrogen and oxygen atoms in total. The molecule has 1 aliphatic rings. The van der Waals surface area contributed by atoms with E-state index in [2.05, 4.69) is 11.8 Å². The second kappa shape index (κ2) is 11.6. The number of ether oxygens (including phenoxy) is 2. The van der Waals surface area contributed by atoms with Crippen molar-refractivity contribution in [3.8, 4) is 17.1 Å². The van der Waals surface area contributed by atoms with Gasteiger partial charge in [0.1, 0.15) is 18.2 Å². The van der Waals surface area contributed by atoms with Crippen molar-refractivity contribution in [1.82, 2.24) is 9.97 Å². The summed E-state index contributed by atoms with van der Waals surface area (Å²) in [5, 5.41) is 10.5. The molecule has 0 amide bonds. The summed E-state index contributed by atoms with van der Waals surface area (Å²) < 4.78 is 11.2. The predicted molar refractivity (Wildman–Crippen MR) is 143 cm³/mol. The molecule has 1 aromatic heterocycles. The van der Waals surface area contributed by atoms with Crippen molar-refractivity contribution < 1.29 is 19.4 Å². The molecular weight excluding hydrogens is 480 g/mol. The van der Waals surface area contributed by atoms with Crippen molar-refractivity contribution in [2.45, 2.75) is 53.6 Å². The quantitative estimate of drug-likeness (QED) is 0.423. The van der Waals surface area contributed by atoms with Gasteiger partial charge in [0.2, 0.25) is 0 Å². The van der Waals surface area contributed by atoms with Crippen molar-refractivity contribution >= 4 is 28.8 Å². The van der Waals surface area contributed by atoms with Gasteiger partial charge in [0.15, 0.2) is 11.6 Å². The van der Waals surface area contributed by atoms with Gasteiger partial charge >= 0.3 is 0 Å². The standard InChI is InChI=1S/C27H37ClN4O4/c1-7-8-19(34)12-36-20-9-10-22(28)21(11-20)25-30-24(23(17(3)29)18(4)33)16(2)26(31-25)32-13-27(5,14-32)15-35-6/h9-11,19,34H,7-8,12-15,29H2,1-6H3/t19-/m1/s1. The van der Waals surface area contributed by atoms with E-state index in [0.29, 0.717) is 52.2 Å². The van der Waals surface area contributed by atoms with Crippen molar-refractivity contribution in [3.63, 3.8) is 0 Å². The van der Waals surface area contributed by atoms with Crippen molar-refractivity contribution in [3.05, 3.63) is 40.2 Å². The van der Waals surface area contributed by atoms with E-state index in [1.54, 1.807) is 32.2 Å². The molecule has 2 heterocycles. The number of allylic oxidation sites excluding steroid dienone is 2. The Bertz CT molecular complexity index is 1140. The van der Waals surface area contributed by atoms with Crippen LogP contribution in [0, 0.1) is 12.3 Å². The number of methoxy groups -OCH3 is 1. The predicted octanol–water partition coefficient (Wildman–Crippen LogP) is 4.40. The van der Waals surface area contributed by atoms with Crippen molar-refractivity contribution in [2.24, 2.45) is 11.1 Å². The van der Waals surface area contributed by atoms with Crippen LogP contribution in [0.15, 0.2) is 23.9 Å². The van der Waals surface area contributed by atoms with Gasteiger partial charge in [-0.2, -0.15) is 0 Å². The van der Waals surface area contributed by atoms with Crippen LogP contribution in [0.25, 0.3) is 17.0 Å². The zero-order chi connectivity index (χ0) is 26.6. The summed E-state index contributed by atoms with van der Waals surface area (Å²) in [4.78, 5) is 24.4. The van der Waals surface area contributed by atoms with Gasteiger partial charge in [-0.05, 0) is 45.4 Å². The maximum atomic E-state index is 12.6. The monoisotopic (exact) mass is 516 g/mol. The van der Waals surface area contributed by atoms with Crippen LogP contribution in [-0.2, 0) is 9.53 Å². The minimum absolute atomic E-state index is 0.0141. The fraction of sp³-hybridized carbons (Fsp3) is 0.519. The molecule has 9 heteroatoms. The fourth-order valence-electron chi connectivity index (χ4n) is 4.65. The number of carbonyl (C=O) groups excluding carboxylic acids is 1. The molecule has 0 bridgehead atoms. The summed E-state index contributed by atoms with van der Waals surface area (Å²) in [6.45, 7) is 11.6. The molecule has 0 aliphatic carbocycles. The Hall–Kier alpha value is -2.68. The SMILES string of the molecule is CCC[C@@H](O)COc1ccc(Cl)c(-c2nc(C(C(C)=O)=C(C)N)c(C)c(N3CC(C)(COC)C3)n2)c1. The molecule has 1 saturated heterocycles. The van der Waals surface area contributed by atoms with Crippen molar-refractivity contribution in [2.75, 3.05) is 38.3 Å². The first-order valence-corrected chi connectivity index (χ1v) is 12.6. The largest absolute Gasteiger partial charge is 0.491 e. The Labute approximate surface area is 218 Å². The van der Waals surface area contributed by atoms with Gasteiger partial charge < -0.3 is 25.2 Å². The molecule has 1 fully saturated rings. The van der Waals surface area contributed by atoms with Gasteiger partial charge in [-0.15, -0.1) is 0 Å². The second-order valence-electron chi connectivity index (χ2n) is 9.95. The van der Waals surface area contributed by atoms with Crippen molar-refractivity contribution in [1.29, 1.82) is 0 Å². The molecule has 0 spiro atoms. The molecule has 3 N–H and O–H groups in total. The minimum atomic E-state index is -0.549. The lowest BCUT2D eigenvalue weighted by Crippen LogP contribution is -2.57. The number of hydrogen-bond donors (Lipinski definition) is 2. The highest BCUT2D eigenvalue weighted by atomic mass is 35.5. The van der Waals surface area contributed by atoms with Crippen LogP contribution < -0.4 is 15.4 Å². The number of benzene rings is 1. The smallest absolute Gasteiger partial charge is 0.163 e. The van der Waals surface area contributed by atoms with Crippen LogP contribution in [-0.4, -0.2) is 60.4 Å². The number of nitrogens with zero attached hydrogens (tertiary/aromatic N) is 3. The normalized spacial score (nSPS) is 16.3. The molecule has 0 radical (unpaired) electrons. The average Bonchev–Trinajstić information content (AvgIpc) is 2.78. The number of Topliss-reactive ketones (excluding diaryl/α,β-unsaturated/α-hetero) is 1. The van der Waals surface area contributed by atoms with Crippen LogP contribution in [0.5, 0.6) is 5.75 Å². The van der Waals surface area contributed by atoms with E-state index in [4.69, 9.17) is 36.8 Å². The van der Waals surface area contributed by atoms with E-state index in [1.165, 1.54) is 6.92 Å². The Morgan fingerprint density at radius 2 is 2.00 bits per heavy atom. The molecule has 196 valence electrons. The first-order valence-electron chi connectivity index (χ1n) is 12.2. The Kier molecular flexibility index (Phi) is 8.98. The Morgan fingerprint density at radius 1 is 1.31 bits per heavy atom. The highest BCUT2D eigenvalue weighted by molar-refractivity contribution is 6.33. The summed E-state index contributed by atoms with van der Waals surface area (Å²) in [6, 6.07) is 5.23. The minimum Gasteiger partial charge on any atom is -0.491 e. The van der Waals surface area contributed by atoms with E-state index in [-0.39, 0.29) is 17.8 Å². The second-order valence-corrected chi connectivity index (χ2v) is 10.4. The van der Waals surface area contributed by atoms with Crippen LogP contribution in [0.2, 0.25) is 5.02 Å². The first-order chi connectivity index (χ1) is 17.0. The summed E-state index contributed by atoms with van der Waals surface area (Å²) in [5.74, 6) is 1.47. The molecule has 2 aromatic rings. The Morgan fingerprint density at radius 3 is 2.58 bits per heavy atom. The first kappa shape index (κ1) is 27.9. The highest BCUT2D eigenvalue weighted by Gasteiger charge is 2.40. The van der Waals surface area contributed by atoms with Gasteiger partial charge in [-0.1, -0.05) is 31.9 Å². The fourth-order valence-corrected chi connectivity index (χ4v) is 4.85. The van der Waals surface area contributed by atoms with Gasteiger partial charge in [0.25, 0.3) is 0 Å². The van der Waals surface area contributed by atoms with Gasteiger partial charge in [0, 0.05) is 42.4 Å². The van der Waals surface area contributed by atoms with E-state index >= 15 is 0 Å². The summed E-state index contributed by atoms with van der Waals surface area (Å²) in [5.41, 5.74) is 8.73. The number of aromatic nitrogens is 2. The number of anilines is 1. The third kappa shape index (κ3) is 6.17. The van der Waals surface area contributed by atoms with Crippen LogP contribution in [0.4, 0.5) is 5.82 Å². The van der Waals surface area contributed by atoms with Crippen LogP contribution in [0.3, 0.4) is 0 Å². The van der Waals surface area contributed by atoms with E-state index in [9.17, 15) is 9.90 Å². The third-order valence-electron chi connectivity index (χ3n) is 6.28. The number of halogens is 1. The molecular formula is C27H37ClN4O4. The lowest BCUT2D eigenvalue weighted by molar-refractivity contribution is -0.111. The number of nitrogens with two attached hydrogens (primary N) is 1. The zero-order valence-electron chi connectivity index (χ0n) is 22.0. The van der Waals surface area contributed by atoms with Gasteiger partial charge in [-0.3, -0.25) is 4.79 Å². The van der Waals surface area contributed by atoms with E-state index in [0.717, 1.165) is 30.9 Å². The molecule has 1 atom stereocenters. The van der Waals surface area contributed by atoms with Crippen LogP contribution >= 0.6 is 11.6 Å². The highest BCUT2D eigenvalue weighted by Crippen LogP contribution is 2.39. The lowest BCUT2D eigenvalue weighted by atomic mass is 9.82. The molecule has 1 aromatic carbocycles. The lowest BCUT2D eigenvalue weighted by Gasteiger charge is -2.49.